The number of hydrogen-bond donors (Lipinski definition) is 1. The molecule has 0 radical (unpaired) electrons. The number of hydrogen-bond acceptors (Lipinski definition) is 4. The standard InChI is InChI=1S/C13H21N3OS/c1-5-18-11(2)6-7-15(4)8-12(17)16-9-13(3,14)10-16/h5-7H,1-2,8-10,14H2,3-4H3/b7-6-. The lowest BCUT2D eigenvalue weighted by atomic mass is 9.94. The fraction of sp³-hybridized carbons (Fsp3) is 0.462. The predicted octanol–water partition coefficient (Wildman–Crippen LogP) is 1.38. The number of thioether (sulfide) groups is 1. The molecule has 1 amide bonds. The quantitative estimate of drug-likeness (QED) is 0.739. The van der Waals surface area contributed by atoms with Gasteiger partial charge in [0.1, 0.15) is 0 Å². The van der Waals surface area contributed by atoms with Gasteiger partial charge in [-0.3, -0.25) is 4.79 Å². The number of carbonyl (C=O) groups is 1. The Balaban J connectivity index is 2.32. The summed E-state index contributed by atoms with van der Waals surface area (Å²) >= 11 is 1.46. The molecule has 0 aromatic heterocycles. The topological polar surface area (TPSA) is 49.6 Å². The van der Waals surface area contributed by atoms with E-state index < -0.39 is 0 Å². The Hall–Kier alpha value is -1.20. The third kappa shape index (κ3) is 4.58. The zero-order chi connectivity index (χ0) is 13.8. The minimum absolute atomic E-state index is 0.104. The van der Waals surface area contributed by atoms with Crippen LogP contribution in [0.2, 0.25) is 0 Å². The van der Waals surface area contributed by atoms with Gasteiger partial charge in [0.05, 0.1) is 6.54 Å². The van der Waals surface area contributed by atoms with Crippen molar-refractivity contribution in [2.75, 3.05) is 26.7 Å². The van der Waals surface area contributed by atoms with Gasteiger partial charge >= 0.3 is 0 Å². The average Bonchev–Trinajstić information content (AvgIpc) is 2.23. The van der Waals surface area contributed by atoms with Gasteiger partial charge in [0.15, 0.2) is 0 Å². The largest absolute Gasteiger partial charge is 0.371 e. The van der Waals surface area contributed by atoms with Crippen LogP contribution in [0.5, 0.6) is 0 Å². The SMILES string of the molecule is C=CSC(=C)/C=C\N(C)CC(=O)N1CC(C)(N)C1. The molecule has 18 heavy (non-hydrogen) atoms. The minimum Gasteiger partial charge on any atom is -0.371 e. The first kappa shape index (κ1) is 14.9. The molecule has 100 valence electrons. The summed E-state index contributed by atoms with van der Waals surface area (Å²) < 4.78 is 0. The van der Waals surface area contributed by atoms with Gasteiger partial charge in [-0.15, -0.1) is 0 Å². The maximum absolute atomic E-state index is 11.8. The van der Waals surface area contributed by atoms with Crippen molar-refractivity contribution in [3.8, 4) is 0 Å². The molecule has 2 N–H and O–H groups in total. The van der Waals surface area contributed by atoms with Gasteiger partial charge in [0.25, 0.3) is 0 Å². The van der Waals surface area contributed by atoms with Crippen LogP contribution in [0.15, 0.2) is 35.7 Å². The molecule has 5 heteroatoms. The molecule has 1 fully saturated rings. The number of allylic oxidation sites excluding steroid dienone is 1. The Morgan fingerprint density at radius 1 is 1.61 bits per heavy atom. The van der Waals surface area contributed by atoms with Crippen molar-refractivity contribution in [1.29, 1.82) is 0 Å². The Kier molecular flexibility index (Phi) is 5.04. The monoisotopic (exact) mass is 267 g/mol. The summed E-state index contributed by atoms with van der Waals surface area (Å²) in [6.45, 7) is 11.1. The molecule has 0 bridgehead atoms. The molecule has 4 nitrogen and oxygen atoms in total. The van der Waals surface area contributed by atoms with Crippen molar-refractivity contribution in [3.05, 3.63) is 35.7 Å². The van der Waals surface area contributed by atoms with Gasteiger partial charge in [-0.1, -0.05) is 24.9 Å². The highest BCUT2D eigenvalue weighted by molar-refractivity contribution is 8.05. The van der Waals surface area contributed by atoms with Crippen molar-refractivity contribution in [1.82, 2.24) is 9.80 Å². The molecule has 0 aromatic carbocycles. The molecule has 0 unspecified atom stereocenters. The van der Waals surface area contributed by atoms with Crippen LogP contribution in [0.1, 0.15) is 6.92 Å². The second-order valence-corrected chi connectivity index (χ2v) is 5.98. The Morgan fingerprint density at radius 2 is 2.22 bits per heavy atom. The lowest BCUT2D eigenvalue weighted by Crippen LogP contribution is -2.67. The van der Waals surface area contributed by atoms with E-state index in [1.54, 1.807) is 10.3 Å². The summed E-state index contributed by atoms with van der Waals surface area (Å²) in [6.07, 6.45) is 3.71. The number of likely N-dealkylation sites (N-methyl/N-ethyl adjacent to an activating group) is 1. The van der Waals surface area contributed by atoms with Crippen LogP contribution in [-0.2, 0) is 4.79 Å². The first-order chi connectivity index (χ1) is 8.34. The number of likely N-dealkylation sites (tertiary alicyclic amines) is 1. The second kappa shape index (κ2) is 6.11. The lowest BCUT2D eigenvalue weighted by molar-refractivity contribution is -0.138. The van der Waals surface area contributed by atoms with E-state index in [1.807, 2.05) is 31.1 Å². The fourth-order valence-corrected chi connectivity index (χ4v) is 2.08. The summed E-state index contributed by atoms with van der Waals surface area (Å²) in [4.78, 5) is 16.3. The van der Waals surface area contributed by atoms with Crippen molar-refractivity contribution in [2.45, 2.75) is 12.5 Å². The minimum atomic E-state index is -0.209. The molecule has 1 aliphatic rings. The van der Waals surface area contributed by atoms with Gasteiger partial charge in [-0.05, 0) is 18.4 Å². The molecule has 0 aliphatic carbocycles. The zero-order valence-corrected chi connectivity index (χ0v) is 11.9. The van der Waals surface area contributed by atoms with Crippen LogP contribution in [0.25, 0.3) is 0 Å². The third-order valence-electron chi connectivity index (χ3n) is 2.59. The average molecular weight is 267 g/mol. The molecule has 1 aliphatic heterocycles. The van der Waals surface area contributed by atoms with Crippen LogP contribution in [0.3, 0.4) is 0 Å². The van der Waals surface area contributed by atoms with E-state index in [4.69, 9.17) is 5.73 Å². The summed E-state index contributed by atoms with van der Waals surface area (Å²) in [5.41, 5.74) is 5.66. The third-order valence-corrected chi connectivity index (χ3v) is 3.20. The second-order valence-electron chi connectivity index (χ2n) is 4.89. The molecule has 0 aromatic rings. The molecule has 0 spiro atoms. The van der Waals surface area contributed by atoms with Crippen LogP contribution >= 0.6 is 11.8 Å². The van der Waals surface area contributed by atoms with E-state index in [0.717, 1.165) is 4.91 Å². The maximum Gasteiger partial charge on any atom is 0.242 e. The van der Waals surface area contributed by atoms with Crippen molar-refractivity contribution in [2.24, 2.45) is 5.73 Å². The first-order valence-electron chi connectivity index (χ1n) is 5.75. The highest BCUT2D eigenvalue weighted by Gasteiger charge is 2.37. The Bertz CT molecular complexity index is 368. The number of rotatable bonds is 6. The van der Waals surface area contributed by atoms with Gasteiger partial charge in [0.2, 0.25) is 5.91 Å². The van der Waals surface area contributed by atoms with Crippen LogP contribution in [0.4, 0.5) is 0 Å². The van der Waals surface area contributed by atoms with Crippen molar-refractivity contribution >= 4 is 17.7 Å². The van der Waals surface area contributed by atoms with E-state index in [9.17, 15) is 4.79 Å². The Morgan fingerprint density at radius 3 is 2.72 bits per heavy atom. The summed E-state index contributed by atoms with van der Waals surface area (Å²) in [6, 6.07) is 0. The number of amides is 1. The molecular formula is C13H21N3OS. The van der Waals surface area contributed by atoms with Gasteiger partial charge in [0, 0.05) is 36.8 Å². The molecule has 0 atom stereocenters. The highest BCUT2D eigenvalue weighted by Crippen LogP contribution is 2.17. The first-order valence-corrected chi connectivity index (χ1v) is 6.63. The fourth-order valence-electron chi connectivity index (χ4n) is 1.72. The molecule has 0 saturated carbocycles. The summed E-state index contributed by atoms with van der Waals surface area (Å²) in [7, 11) is 1.86. The van der Waals surface area contributed by atoms with Crippen LogP contribution < -0.4 is 5.73 Å². The number of carbonyl (C=O) groups excluding carboxylic acids is 1. The van der Waals surface area contributed by atoms with Crippen LogP contribution in [-0.4, -0.2) is 47.9 Å². The van der Waals surface area contributed by atoms with E-state index in [2.05, 4.69) is 13.2 Å². The summed E-state index contributed by atoms with van der Waals surface area (Å²) in [5, 5.41) is 1.72. The van der Waals surface area contributed by atoms with Crippen LogP contribution in [0, 0.1) is 0 Å². The predicted molar refractivity (Wildman–Crippen MR) is 77.9 cm³/mol. The van der Waals surface area contributed by atoms with E-state index >= 15 is 0 Å². The van der Waals surface area contributed by atoms with Gasteiger partial charge in [-0.2, -0.15) is 0 Å². The molecular weight excluding hydrogens is 246 g/mol. The number of nitrogens with two attached hydrogens (primary N) is 1. The van der Waals surface area contributed by atoms with E-state index in [-0.39, 0.29) is 11.4 Å². The maximum atomic E-state index is 11.8. The normalized spacial score (nSPS) is 17.4. The van der Waals surface area contributed by atoms with E-state index in [0.29, 0.717) is 19.6 Å². The zero-order valence-electron chi connectivity index (χ0n) is 11.1. The lowest BCUT2D eigenvalue weighted by Gasteiger charge is -2.45. The van der Waals surface area contributed by atoms with E-state index in [1.165, 1.54) is 11.8 Å². The number of nitrogens with zero attached hydrogens (tertiary/aromatic N) is 2. The van der Waals surface area contributed by atoms with Gasteiger partial charge < -0.3 is 15.5 Å². The summed E-state index contributed by atoms with van der Waals surface area (Å²) in [5.74, 6) is 0.104. The van der Waals surface area contributed by atoms with Crippen molar-refractivity contribution < 1.29 is 4.79 Å². The molecule has 1 heterocycles. The Labute approximate surface area is 113 Å². The molecule has 1 saturated heterocycles. The smallest absolute Gasteiger partial charge is 0.242 e. The molecule has 1 rings (SSSR count). The highest BCUT2D eigenvalue weighted by atomic mass is 32.2. The van der Waals surface area contributed by atoms with Gasteiger partial charge in [-0.25, -0.2) is 0 Å². The van der Waals surface area contributed by atoms with Crippen molar-refractivity contribution in [3.63, 3.8) is 0 Å².